The maximum atomic E-state index is 12.8. The summed E-state index contributed by atoms with van der Waals surface area (Å²) in [6.07, 6.45) is 19.3. The molecule has 2 aliphatic rings. The number of fused-ring (bicyclic) bond motifs is 2. The second-order valence-electron chi connectivity index (χ2n) is 16.0. The number of hydrogen-bond donors (Lipinski definition) is 2. The molecule has 0 aliphatic carbocycles. The van der Waals surface area contributed by atoms with Crippen molar-refractivity contribution in [1.82, 2.24) is 39.8 Å². The van der Waals surface area contributed by atoms with Crippen LogP contribution in [0.1, 0.15) is 110 Å². The molecule has 1 aromatic carbocycles. The number of aromatic nitrogens is 4. The first-order valence-electron chi connectivity index (χ1n) is 21.4. The number of likely N-dealkylation sites (tertiary alicyclic amines) is 2. The molecule has 16 heteroatoms. The molecule has 5 aromatic heterocycles. The molecule has 0 unspecified atom stereocenters. The van der Waals surface area contributed by atoms with Gasteiger partial charge in [-0.1, -0.05) is 55.0 Å². The predicted molar refractivity (Wildman–Crippen MR) is 248 cm³/mol. The summed E-state index contributed by atoms with van der Waals surface area (Å²) in [5.74, 6) is 1.22. The van der Waals surface area contributed by atoms with Crippen LogP contribution in [0.2, 0.25) is 10.0 Å². The van der Waals surface area contributed by atoms with Gasteiger partial charge in [-0.2, -0.15) is 0 Å². The van der Waals surface area contributed by atoms with E-state index < -0.39 is 0 Å². The summed E-state index contributed by atoms with van der Waals surface area (Å²) in [5, 5.41) is 10.6. The molecule has 2 N–H and O–H groups in total. The smallest absolute Gasteiger partial charge is 0.273 e. The number of imidazole rings is 1. The zero-order chi connectivity index (χ0) is 43.4. The van der Waals surface area contributed by atoms with Crippen LogP contribution >= 0.6 is 45.9 Å². The molecule has 0 bridgehead atoms. The number of halogens is 2. The molecule has 2 fully saturated rings. The Bertz CT molecular complexity index is 2440. The number of thiazole rings is 1. The number of hydrogen-bond acceptors (Lipinski definition) is 9. The monoisotopic (exact) mass is 914 g/mol. The second kappa shape index (κ2) is 22.0. The third-order valence-corrected chi connectivity index (χ3v) is 14.3. The Morgan fingerprint density at radius 2 is 1.48 bits per heavy atom. The number of carbonyl (C=O) groups excluding carboxylic acids is 4. The van der Waals surface area contributed by atoms with Crippen LogP contribution < -0.4 is 10.6 Å². The first-order valence-corrected chi connectivity index (χ1v) is 23.9. The number of benzene rings is 1. The summed E-state index contributed by atoms with van der Waals surface area (Å²) in [7, 11) is 0. The quantitative estimate of drug-likeness (QED) is 0.104. The fraction of sp³-hybridized carbons (Fsp3) is 0.413. The van der Waals surface area contributed by atoms with Crippen molar-refractivity contribution in [3.05, 3.63) is 116 Å². The molecule has 326 valence electrons. The van der Waals surface area contributed by atoms with Crippen molar-refractivity contribution in [2.75, 3.05) is 39.3 Å². The number of rotatable bonds is 14. The predicted octanol–water partition coefficient (Wildman–Crippen LogP) is 9.61. The third kappa shape index (κ3) is 12.0. The van der Waals surface area contributed by atoms with E-state index in [2.05, 4.69) is 25.6 Å². The molecule has 62 heavy (non-hydrogen) atoms. The lowest BCUT2D eigenvalue weighted by atomic mass is 9.91. The minimum Gasteiger partial charge on any atom is -0.352 e. The molecule has 2 saturated heterocycles. The van der Waals surface area contributed by atoms with Gasteiger partial charge in [0.25, 0.3) is 23.6 Å². The van der Waals surface area contributed by atoms with E-state index in [1.807, 2.05) is 50.9 Å². The first-order chi connectivity index (χ1) is 30.1. The van der Waals surface area contributed by atoms with E-state index in [1.54, 1.807) is 49.1 Å². The van der Waals surface area contributed by atoms with Crippen LogP contribution in [0.3, 0.4) is 0 Å². The summed E-state index contributed by atoms with van der Waals surface area (Å²) in [6, 6.07) is 12.7. The van der Waals surface area contributed by atoms with Crippen molar-refractivity contribution in [2.24, 2.45) is 11.8 Å². The van der Waals surface area contributed by atoms with Crippen LogP contribution in [-0.4, -0.2) is 92.0 Å². The topological polar surface area (TPSA) is 142 Å². The number of pyridine rings is 2. The molecular formula is C46H52Cl2N8O4S2. The molecule has 6 aromatic rings. The van der Waals surface area contributed by atoms with Gasteiger partial charge in [0, 0.05) is 75.6 Å². The van der Waals surface area contributed by atoms with E-state index in [1.165, 1.54) is 22.7 Å². The molecule has 0 radical (unpaired) electrons. The lowest BCUT2D eigenvalue weighted by Gasteiger charge is -2.32. The second-order valence-corrected chi connectivity index (χ2v) is 18.9. The number of amides is 4. The van der Waals surface area contributed by atoms with Crippen LogP contribution in [0.4, 0.5) is 0 Å². The first kappa shape index (κ1) is 45.1. The molecule has 0 saturated carbocycles. The van der Waals surface area contributed by atoms with Crippen molar-refractivity contribution >= 4 is 85.2 Å². The number of aryl methyl sites for hydroxylation is 1. The molecular weight excluding hydrogens is 864 g/mol. The highest BCUT2D eigenvalue weighted by Crippen LogP contribution is 2.30. The number of thiophene rings is 1. The van der Waals surface area contributed by atoms with Gasteiger partial charge in [-0.3, -0.25) is 24.2 Å². The Morgan fingerprint density at radius 1 is 0.806 bits per heavy atom. The zero-order valence-corrected chi connectivity index (χ0v) is 38.0. The fourth-order valence-electron chi connectivity index (χ4n) is 8.07. The van der Waals surface area contributed by atoms with Gasteiger partial charge in [0.05, 0.1) is 35.8 Å². The Morgan fingerprint density at radius 3 is 2.15 bits per heavy atom. The maximum Gasteiger partial charge on any atom is 0.273 e. The van der Waals surface area contributed by atoms with Gasteiger partial charge >= 0.3 is 0 Å². The molecule has 0 spiro atoms. The fourth-order valence-corrected chi connectivity index (χ4v) is 9.99. The van der Waals surface area contributed by atoms with Crippen molar-refractivity contribution in [2.45, 2.75) is 71.1 Å². The lowest BCUT2D eigenvalue weighted by molar-refractivity contribution is 0.0675. The van der Waals surface area contributed by atoms with Gasteiger partial charge in [0.15, 0.2) is 0 Å². The summed E-state index contributed by atoms with van der Waals surface area (Å²) >= 11 is 15.2. The number of unbranched alkanes of at least 4 members (excludes halogenated alkanes) is 2. The maximum absolute atomic E-state index is 12.8. The molecule has 8 rings (SSSR count). The normalized spacial score (nSPS) is 14.8. The van der Waals surface area contributed by atoms with Crippen LogP contribution in [0.25, 0.3) is 15.7 Å². The summed E-state index contributed by atoms with van der Waals surface area (Å²) in [4.78, 5) is 67.0. The van der Waals surface area contributed by atoms with E-state index in [4.69, 9.17) is 23.2 Å². The van der Waals surface area contributed by atoms with E-state index in [0.29, 0.717) is 51.8 Å². The Hall–Kier alpha value is -4.89. The van der Waals surface area contributed by atoms with Crippen molar-refractivity contribution in [3.8, 4) is 0 Å². The molecule has 12 nitrogen and oxygen atoms in total. The Labute approximate surface area is 380 Å². The zero-order valence-electron chi connectivity index (χ0n) is 34.9. The van der Waals surface area contributed by atoms with Gasteiger partial charge in [0.1, 0.15) is 11.3 Å². The van der Waals surface area contributed by atoms with Gasteiger partial charge in [-0.25, -0.2) is 9.97 Å². The van der Waals surface area contributed by atoms with Crippen LogP contribution in [0, 0.1) is 18.8 Å². The van der Waals surface area contributed by atoms with E-state index >= 15 is 0 Å². The van der Waals surface area contributed by atoms with Gasteiger partial charge < -0.3 is 24.8 Å². The minimum atomic E-state index is -0.0466. The van der Waals surface area contributed by atoms with Gasteiger partial charge in [-0.05, 0) is 99.1 Å². The number of nitrogens with zero attached hydrogens (tertiary/aromatic N) is 6. The standard InChI is InChI=1S/C24H25Cl2N3O2S.C22H27N5O2S/c25-19-6-3-5-18(22(19)26)24(31)29-12-8-16(9-13-29)4-1-2-10-28-23(30)20-14-17-7-11-27-15-21(17)32-20;1-16-25-19(15-30-16)22(29)26-11-7-17(8-12-26)4-2-3-9-24-21(28)18-5-6-20-23-10-13-27(20)14-18/h3,5-7,11,14-16H,1-2,4,8-10,12-13H2,(H,28,30);5-6,10,13-15,17H,2-4,7-9,11-12H2,1H3,(H,24,28). The Balaban J connectivity index is 0.000000187. The van der Waals surface area contributed by atoms with Crippen LogP contribution in [0.5, 0.6) is 0 Å². The Kier molecular flexibility index (Phi) is 16.0. The van der Waals surface area contributed by atoms with Gasteiger partial charge in [-0.15, -0.1) is 22.7 Å². The molecule has 4 amide bonds. The van der Waals surface area contributed by atoms with E-state index in [-0.39, 0.29) is 23.6 Å². The highest BCUT2D eigenvalue weighted by Gasteiger charge is 2.26. The number of piperidine rings is 2. The average molecular weight is 916 g/mol. The van der Waals surface area contributed by atoms with E-state index in [9.17, 15) is 19.2 Å². The molecule has 2 aliphatic heterocycles. The molecule has 0 atom stereocenters. The molecule has 7 heterocycles. The SMILES string of the molecule is Cc1nc(C(=O)N2CCC(CCCCNC(=O)c3ccc4nccn4c3)CC2)cs1.O=C(NCCCCC1CCN(C(=O)c2cccc(Cl)c2Cl)CC1)c1cc2ccncc2s1. The lowest BCUT2D eigenvalue weighted by Crippen LogP contribution is -2.38. The highest BCUT2D eigenvalue weighted by molar-refractivity contribution is 7.20. The summed E-state index contributed by atoms with van der Waals surface area (Å²) in [6.45, 7) is 6.39. The van der Waals surface area contributed by atoms with Crippen molar-refractivity contribution in [1.29, 1.82) is 0 Å². The third-order valence-electron chi connectivity index (χ3n) is 11.7. The highest BCUT2D eigenvalue weighted by atomic mass is 35.5. The number of carbonyl (C=O) groups is 4. The number of nitrogens with one attached hydrogen (secondary N) is 2. The van der Waals surface area contributed by atoms with Crippen molar-refractivity contribution < 1.29 is 19.2 Å². The summed E-state index contributed by atoms with van der Waals surface area (Å²) < 4.78 is 2.88. The average Bonchev–Trinajstić information content (AvgIpc) is 4.07. The summed E-state index contributed by atoms with van der Waals surface area (Å²) in [5.41, 5.74) is 2.54. The van der Waals surface area contributed by atoms with E-state index in [0.717, 1.165) is 116 Å². The van der Waals surface area contributed by atoms with Crippen molar-refractivity contribution in [3.63, 3.8) is 0 Å². The van der Waals surface area contributed by atoms with Crippen LogP contribution in [-0.2, 0) is 0 Å². The van der Waals surface area contributed by atoms with Crippen LogP contribution in [0.15, 0.2) is 78.8 Å². The minimum absolute atomic E-state index is 0.0160. The largest absolute Gasteiger partial charge is 0.352 e. The van der Waals surface area contributed by atoms with Gasteiger partial charge in [0.2, 0.25) is 0 Å².